The van der Waals surface area contributed by atoms with E-state index in [2.05, 4.69) is 31.7 Å². The average molecular weight is 439 g/mol. The number of aromatic nitrogens is 2. The number of para-hydroxylation sites is 1. The van der Waals surface area contributed by atoms with Gasteiger partial charge in [0.05, 0.1) is 4.47 Å². The maximum atomic E-state index is 12.5. The molecule has 1 heterocycles. The van der Waals surface area contributed by atoms with Gasteiger partial charge in [0.2, 0.25) is 0 Å². The zero-order chi connectivity index (χ0) is 19.4. The van der Waals surface area contributed by atoms with E-state index in [-0.39, 0.29) is 0 Å². The van der Waals surface area contributed by atoms with E-state index in [0.717, 1.165) is 4.68 Å². The summed E-state index contributed by atoms with van der Waals surface area (Å²) in [4.78, 5) is 12.0. The molecule has 0 fully saturated rings. The smallest absolute Gasteiger partial charge is 0.308 e. The van der Waals surface area contributed by atoms with Gasteiger partial charge >= 0.3 is 12.2 Å². The van der Waals surface area contributed by atoms with Crippen molar-refractivity contribution in [2.24, 2.45) is 0 Å². The molecule has 27 heavy (non-hydrogen) atoms. The van der Waals surface area contributed by atoms with Gasteiger partial charge in [0.25, 0.3) is 0 Å². The molecule has 0 aliphatic carbocycles. The van der Waals surface area contributed by atoms with Crippen LogP contribution in [0.25, 0.3) is 11.3 Å². The van der Waals surface area contributed by atoms with Crippen LogP contribution in [0, 0.1) is 0 Å². The Balaban J connectivity index is 1.68. The number of carbonyl (C=O) groups is 1. The third kappa shape index (κ3) is 5.33. The average Bonchev–Trinajstić information content (AvgIpc) is 2.94. The monoisotopic (exact) mass is 438 g/mol. The maximum absolute atomic E-state index is 12.5. The molecular formula is C18H14BrF3N4O. The lowest BCUT2D eigenvalue weighted by atomic mass is 10.1. The minimum atomic E-state index is -4.34. The van der Waals surface area contributed by atoms with Crippen LogP contribution in [-0.2, 0) is 6.54 Å². The molecule has 9 heteroatoms. The Hall–Kier alpha value is -2.81. The maximum Gasteiger partial charge on any atom is 0.408 e. The van der Waals surface area contributed by atoms with Gasteiger partial charge in [-0.3, -0.25) is 4.68 Å². The number of rotatable bonds is 4. The fraction of sp³-hybridized carbons (Fsp3) is 0.111. The van der Waals surface area contributed by atoms with E-state index in [1.165, 1.54) is 6.20 Å². The molecule has 0 atom stereocenters. The summed E-state index contributed by atoms with van der Waals surface area (Å²) in [5, 5.41) is 9.34. The highest BCUT2D eigenvalue weighted by molar-refractivity contribution is 9.10. The summed E-state index contributed by atoms with van der Waals surface area (Å²) in [5.41, 5.74) is 2.21. The van der Waals surface area contributed by atoms with Crippen molar-refractivity contribution in [1.82, 2.24) is 9.78 Å². The summed E-state index contributed by atoms with van der Waals surface area (Å²) in [7, 11) is 0. The van der Waals surface area contributed by atoms with Crippen molar-refractivity contribution in [3.8, 4) is 11.3 Å². The Labute approximate surface area is 161 Å². The second kappa shape index (κ2) is 7.83. The number of urea groups is 1. The van der Waals surface area contributed by atoms with E-state index in [0.29, 0.717) is 27.1 Å². The zero-order valence-corrected chi connectivity index (χ0v) is 15.4. The van der Waals surface area contributed by atoms with Crippen LogP contribution >= 0.6 is 15.9 Å². The van der Waals surface area contributed by atoms with Crippen molar-refractivity contribution >= 4 is 33.3 Å². The van der Waals surface area contributed by atoms with Gasteiger partial charge < -0.3 is 10.6 Å². The number of hydrogen-bond acceptors (Lipinski definition) is 2. The van der Waals surface area contributed by atoms with Gasteiger partial charge in [-0.25, -0.2) is 4.79 Å². The Morgan fingerprint density at radius 2 is 1.59 bits per heavy atom. The van der Waals surface area contributed by atoms with Crippen LogP contribution in [0.3, 0.4) is 0 Å². The summed E-state index contributed by atoms with van der Waals surface area (Å²) in [6, 6.07) is 15.2. The first-order valence-electron chi connectivity index (χ1n) is 7.83. The van der Waals surface area contributed by atoms with Gasteiger partial charge in [-0.15, -0.1) is 0 Å². The molecule has 2 aromatic carbocycles. The second-order valence-corrected chi connectivity index (χ2v) is 6.52. The van der Waals surface area contributed by atoms with Crippen molar-refractivity contribution in [2.75, 3.05) is 10.6 Å². The third-order valence-electron chi connectivity index (χ3n) is 3.51. The van der Waals surface area contributed by atoms with Crippen LogP contribution < -0.4 is 10.6 Å². The predicted molar refractivity (Wildman–Crippen MR) is 101 cm³/mol. The van der Waals surface area contributed by atoms with Crippen LogP contribution in [0.5, 0.6) is 0 Å². The molecule has 2 amide bonds. The molecular weight excluding hydrogens is 425 g/mol. The first-order valence-corrected chi connectivity index (χ1v) is 8.63. The number of alkyl halides is 3. The number of benzene rings is 2. The molecule has 0 unspecified atom stereocenters. The van der Waals surface area contributed by atoms with Gasteiger partial charge in [-0.1, -0.05) is 30.3 Å². The van der Waals surface area contributed by atoms with Crippen molar-refractivity contribution in [3.63, 3.8) is 0 Å². The molecule has 1 aromatic heterocycles. The highest BCUT2D eigenvalue weighted by atomic mass is 79.9. The molecule has 0 saturated carbocycles. The van der Waals surface area contributed by atoms with Gasteiger partial charge in [0.15, 0.2) is 0 Å². The summed E-state index contributed by atoms with van der Waals surface area (Å²) in [6.45, 7) is -1.16. The lowest BCUT2D eigenvalue weighted by molar-refractivity contribution is -0.142. The highest BCUT2D eigenvalue weighted by Crippen LogP contribution is 2.29. The molecule has 3 aromatic rings. The van der Waals surface area contributed by atoms with Crippen LogP contribution in [0.1, 0.15) is 0 Å². The van der Waals surface area contributed by atoms with E-state index >= 15 is 0 Å². The van der Waals surface area contributed by atoms with E-state index in [1.807, 2.05) is 6.07 Å². The van der Waals surface area contributed by atoms with Crippen molar-refractivity contribution in [3.05, 3.63) is 65.3 Å². The van der Waals surface area contributed by atoms with Crippen LogP contribution in [0.4, 0.5) is 29.3 Å². The Bertz CT molecular complexity index is 924. The normalized spacial score (nSPS) is 11.3. The lowest BCUT2D eigenvalue weighted by Crippen LogP contribution is -2.19. The minimum absolute atomic E-state index is 0.388. The number of amides is 2. The summed E-state index contributed by atoms with van der Waals surface area (Å²) in [5.74, 6) is 0. The minimum Gasteiger partial charge on any atom is -0.308 e. The first-order chi connectivity index (χ1) is 12.8. The first kappa shape index (κ1) is 19.0. The lowest BCUT2D eigenvalue weighted by Gasteiger charge is -2.08. The molecule has 0 aliphatic heterocycles. The predicted octanol–water partition coefficient (Wildman–Crippen LogP) is 5.52. The zero-order valence-electron chi connectivity index (χ0n) is 13.8. The molecule has 0 bridgehead atoms. The Morgan fingerprint density at radius 3 is 2.19 bits per heavy atom. The standard InChI is InChI=1S/C18H14BrF3N4O/c19-15-10-26(11-18(20,21)22)25-16(15)12-6-8-14(9-7-12)24-17(27)23-13-4-2-1-3-5-13/h1-10H,11H2,(H2,23,24,27). The van der Waals surface area contributed by atoms with Crippen molar-refractivity contribution in [1.29, 1.82) is 0 Å². The summed E-state index contributed by atoms with van der Waals surface area (Å²) < 4.78 is 38.8. The van der Waals surface area contributed by atoms with E-state index in [4.69, 9.17) is 0 Å². The molecule has 2 N–H and O–H groups in total. The molecule has 0 aliphatic rings. The Morgan fingerprint density at radius 1 is 1.00 bits per heavy atom. The van der Waals surface area contributed by atoms with Gasteiger partial charge in [0, 0.05) is 23.1 Å². The summed E-state index contributed by atoms with van der Waals surface area (Å²) in [6.07, 6.45) is -3.06. The summed E-state index contributed by atoms with van der Waals surface area (Å²) >= 11 is 3.23. The Kier molecular flexibility index (Phi) is 5.50. The third-order valence-corrected chi connectivity index (χ3v) is 4.09. The van der Waals surface area contributed by atoms with Crippen molar-refractivity contribution < 1.29 is 18.0 Å². The number of nitrogens with one attached hydrogen (secondary N) is 2. The van der Waals surface area contributed by atoms with Crippen LogP contribution in [0.15, 0.2) is 65.3 Å². The molecule has 5 nitrogen and oxygen atoms in total. The number of nitrogens with zero attached hydrogens (tertiary/aromatic N) is 2. The quantitative estimate of drug-likeness (QED) is 0.563. The fourth-order valence-electron chi connectivity index (χ4n) is 2.38. The van der Waals surface area contributed by atoms with E-state index in [9.17, 15) is 18.0 Å². The second-order valence-electron chi connectivity index (χ2n) is 5.66. The molecule has 0 spiro atoms. The topological polar surface area (TPSA) is 59.0 Å². The number of anilines is 2. The molecule has 0 saturated heterocycles. The number of halogens is 4. The fourth-order valence-corrected chi connectivity index (χ4v) is 2.93. The van der Waals surface area contributed by atoms with Crippen LogP contribution in [0.2, 0.25) is 0 Å². The van der Waals surface area contributed by atoms with Crippen molar-refractivity contribution in [2.45, 2.75) is 12.7 Å². The highest BCUT2D eigenvalue weighted by Gasteiger charge is 2.29. The van der Waals surface area contributed by atoms with Gasteiger partial charge in [0.1, 0.15) is 12.2 Å². The number of carbonyl (C=O) groups excluding carboxylic acids is 1. The van der Waals surface area contributed by atoms with Gasteiger partial charge in [-0.05, 0) is 40.2 Å². The molecule has 0 radical (unpaired) electrons. The molecule has 3 rings (SSSR count). The molecule has 140 valence electrons. The largest absolute Gasteiger partial charge is 0.408 e. The number of hydrogen-bond donors (Lipinski definition) is 2. The van der Waals surface area contributed by atoms with E-state index < -0.39 is 18.8 Å². The van der Waals surface area contributed by atoms with Crippen LogP contribution in [-0.4, -0.2) is 22.0 Å². The SMILES string of the molecule is O=C(Nc1ccccc1)Nc1ccc(-c2nn(CC(F)(F)F)cc2Br)cc1. The van der Waals surface area contributed by atoms with E-state index in [1.54, 1.807) is 48.5 Å². The van der Waals surface area contributed by atoms with Gasteiger partial charge in [-0.2, -0.15) is 18.3 Å².